The molecule has 316 valence electrons. The number of anilines is 1. The molecule has 0 bridgehead atoms. The van der Waals surface area contributed by atoms with E-state index in [-0.39, 0.29) is 23.9 Å². The van der Waals surface area contributed by atoms with Crippen LogP contribution < -0.4 is 15.9 Å². The zero-order chi connectivity index (χ0) is 41.5. The van der Waals surface area contributed by atoms with Gasteiger partial charge in [0.05, 0.1) is 23.3 Å². The molecule has 60 heavy (non-hydrogen) atoms. The second-order valence-corrected chi connectivity index (χ2v) is 16.7. The van der Waals surface area contributed by atoms with Crippen molar-refractivity contribution in [2.45, 2.75) is 38.5 Å². The van der Waals surface area contributed by atoms with Gasteiger partial charge in [-0.15, -0.1) is 10.2 Å². The minimum Gasteiger partial charge on any atom is -0.369 e. The van der Waals surface area contributed by atoms with E-state index in [0.717, 1.165) is 91.6 Å². The van der Waals surface area contributed by atoms with E-state index in [9.17, 15) is 27.6 Å². The molecule has 0 spiro atoms. The van der Waals surface area contributed by atoms with Crippen LogP contribution >= 0.6 is 0 Å². The molecule has 17 heteroatoms. The van der Waals surface area contributed by atoms with Gasteiger partial charge in [0.25, 0.3) is 5.91 Å². The van der Waals surface area contributed by atoms with Gasteiger partial charge in [-0.05, 0) is 71.8 Å². The molecule has 5 aromatic rings. The largest absolute Gasteiger partial charge is 0.418 e. The van der Waals surface area contributed by atoms with Crippen molar-refractivity contribution in [2.24, 2.45) is 13.0 Å². The Hall–Kier alpha value is -5.52. The molecule has 7 heterocycles. The van der Waals surface area contributed by atoms with Crippen LogP contribution in [0.4, 0.5) is 18.9 Å². The second-order valence-electron chi connectivity index (χ2n) is 16.7. The van der Waals surface area contributed by atoms with Crippen LogP contribution in [0.3, 0.4) is 0 Å². The van der Waals surface area contributed by atoms with Crippen molar-refractivity contribution < 1.29 is 22.8 Å². The number of nitrogens with zero attached hydrogens (tertiary/aromatic N) is 10. The molecule has 3 saturated heterocycles. The molecule has 0 radical (unpaired) electrons. The Labute approximate surface area is 345 Å². The number of nitrogens with one attached hydrogen (secondary N) is 1. The number of carbonyl (C=O) groups is 2. The highest BCUT2D eigenvalue weighted by atomic mass is 19.4. The Balaban J connectivity index is 0.752. The van der Waals surface area contributed by atoms with E-state index >= 15 is 0 Å². The summed E-state index contributed by atoms with van der Waals surface area (Å²) in [5.74, 6) is 1.41. The molecule has 4 aliphatic heterocycles. The van der Waals surface area contributed by atoms with Gasteiger partial charge in [-0.3, -0.25) is 33.3 Å². The number of piperazine rings is 2. The summed E-state index contributed by atoms with van der Waals surface area (Å²) in [6.07, 6.45) is 2.13. The summed E-state index contributed by atoms with van der Waals surface area (Å²) in [7, 11) is 1.83. The molecule has 3 aromatic heterocycles. The number of benzene rings is 2. The van der Waals surface area contributed by atoms with Gasteiger partial charge in [0, 0.05) is 122 Å². The fraction of sp³-hybridized carbons (Fsp3) is 0.465. The summed E-state index contributed by atoms with van der Waals surface area (Å²) < 4.78 is 47.6. The first-order valence-electron chi connectivity index (χ1n) is 20.8. The molecule has 14 nitrogen and oxygen atoms in total. The number of fused-ring (bicyclic) bond motifs is 2. The number of rotatable bonds is 10. The third-order valence-corrected chi connectivity index (χ3v) is 12.7. The average Bonchev–Trinajstić information content (AvgIpc) is 3.93. The molecule has 2 aromatic carbocycles. The number of hydrogen-bond acceptors (Lipinski definition) is 9. The predicted octanol–water partition coefficient (Wildman–Crippen LogP) is 3.25. The summed E-state index contributed by atoms with van der Waals surface area (Å²) in [6, 6.07) is 14.4. The molecular weight excluding hydrogens is 776 g/mol. The number of piperidine rings is 1. The standard InChI is InChI=1S/C43H50F3N11O3/c1-50-29-48-49-39(50)21-31-3-2-4-35(19-31)56-27-38-37(43(44,45)46)20-32(26-57(38)42(56)60)25-51-11-13-53(14-12-51)28-40(58)55-9-7-30(8-10-55)24-52-15-17-54(18-16-52)34-5-6-36-33(22-34)23-47-41(36)59/h2-6,19-20,22,26-27,29-30H,7-18,21,23-25,28H2,1H3,(H,47,59). The Morgan fingerprint density at radius 2 is 1.58 bits per heavy atom. The van der Waals surface area contributed by atoms with Crippen LogP contribution in [0.1, 0.15) is 51.3 Å². The molecule has 4 aliphatic rings. The summed E-state index contributed by atoms with van der Waals surface area (Å²) >= 11 is 0. The van der Waals surface area contributed by atoms with Gasteiger partial charge in [-0.2, -0.15) is 13.2 Å². The zero-order valence-corrected chi connectivity index (χ0v) is 33.8. The molecule has 2 amide bonds. The fourth-order valence-electron chi connectivity index (χ4n) is 9.20. The van der Waals surface area contributed by atoms with E-state index in [0.29, 0.717) is 62.9 Å². The van der Waals surface area contributed by atoms with Gasteiger partial charge in [-0.25, -0.2) is 4.79 Å². The third-order valence-electron chi connectivity index (χ3n) is 12.7. The van der Waals surface area contributed by atoms with Crippen molar-refractivity contribution in [1.29, 1.82) is 0 Å². The van der Waals surface area contributed by atoms with Gasteiger partial charge in [-0.1, -0.05) is 12.1 Å². The van der Waals surface area contributed by atoms with Gasteiger partial charge < -0.3 is 19.7 Å². The first-order chi connectivity index (χ1) is 28.9. The highest BCUT2D eigenvalue weighted by Gasteiger charge is 2.35. The van der Waals surface area contributed by atoms with E-state index in [1.54, 1.807) is 29.1 Å². The van der Waals surface area contributed by atoms with Gasteiger partial charge >= 0.3 is 11.9 Å². The van der Waals surface area contributed by atoms with E-state index < -0.39 is 17.4 Å². The molecule has 0 atom stereocenters. The minimum atomic E-state index is -4.66. The number of aromatic nitrogens is 5. The van der Waals surface area contributed by atoms with Crippen molar-refractivity contribution in [2.75, 3.05) is 83.4 Å². The average molecular weight is 826 g/mol. The Morgan fingerprint density at radius 1 is 0.833 bits per heavy atom. The van der Waals surface area contributed by atoms with Crippen LogP contribution in [0.25, 0.3) is 11.2 Å². The Morgan fingerprint density at radius 3 is 2.32 bits per heavy atom. The van der Waals surface area contributed by atoms with Crippen LogP contribution in [-0.2, 0) is 37.5 Å². The lowest BCUT2D eigenvalue weighted by Gasteiger charge is -2.40. The van der Waals surface area contributed by atoms with Gasteiger partial charge in [0.15, 0.2) is 0 Å². The molecule has 0 aliphatic carbocycles. The fourth-order valence-corrected chi connectivity index (χ4v) is 9.20. The molecular formula is C43H50F3N11O3. The number of likely N-dealkylation sites (tertiary alicyclic amines) is 1. The number of halogens is 3. The number of imidazole rings is 1. The zero-order valence-electron chi connectivity index (χ0n) is 33.8. The monoisotopic (exact) mass is 825 g/mol. The highest BCUT2D eigenvalue weighted by molar-refractivity contribution is 5.98. The SMILES string of the molecule is Cn1cnnc1Cc1cccc(-n2cc3c(C(F)(F)F)cc(CN4CCN(CC(=O)N5CCC(CN6CCN(c7ccc8c(c7)CNC8=O)CC6)CC5)CC4)cn3c2=O)c1. The lowest BCUT2D eigenvalue weighted by Crippen LogP contribution is -2.51. The van der Waals surface area contributed by atoms with Crippen molar-refractivity contribution in [3.63, 3.8) is 0 Å². The first-order valence-corrected chi connectivity index (χ1v) is 20.8. The summed E-state index contributed by atoms with van der Waals surface area (Å²) in [4.78, 5) is 50.1. The van der Waals surface area contributed by atoms with Crippen LogP contribution in [-0.4, -0.2) is 134 Å². The topological polar surface area (TPSA) is 119 Å². The van der Waals surface area contributed by atoms with Gasteiger partial charge in [0.2, 0.25) is 5.91 Å². The molecule has 0 unspecified atom stereocenters. The minimum absolute atomic E-state index is 0.00757. The lowest BCUT2D eigenvalue weighted by molar-refractivity contribution is -0.136. The smallest absolute Gasteiger partial charge is 0.369 e. The summed E-state index contributed by atoms with van der Waals surface area (Å²) in [6.45, 7) is 10.1. The number of amides is 2. The van der Waals surface area contributed by atoms with Crippen LogP contribution in [0, 0.1) is 5.92 Å². The van der Waals surface area contributed by atoms with Crippen molar-refractivity contribution in [1.82, 2.24) is 48.6 Å². The maximum absolute atomic E-state index is 14.5. The van der Waals surface area contributed by atoms with Crippen molar-refractivity contribution in [3.05, 3.63) is 111 Å². The number of pyridine rings is 1. The second kappa shape index (κ2) is 16.5. The highest BCUT2D eigenvalue weighted by Crippen LogP contribution is 2.34. The third kappa shape index (κ3) is 8.43. The first kappa shape index (κ1) is 39.9. The number of carbonyl (C=O) groups excluding carboxylic acids is 2. The number of hydrogen-bond donors (Lipinski definition) is 1. The Bertz CT molecular complexity index is 2440. The van der Waals surface area contributed by atoms with Crippen LogP contribution in [0.5, 0.6) is 0 Å². The Kier molecular flexibility index (Phi) is 11.0. The number of alkyl halides is 3. The maximum Gasteiger partial charge on any atom is 0.418 e. The lowest BCUT2D eigenvalue weighted by atomic mass is 9.95. The van der Waals surface area contributed by atoms with Crippen molar-refractivity contribution >= 4 is 23.0 Å². The summed E-state index contributed by atoms with van der Waals surface area (Å²) in [5, 5.41) is 10.9. The quantitative estimate of drug-likeness (QED) is 0.227. The normalized spacial score (nSPS) is 18.7. The van der Waals surface area contributed by atoms with Gasteiger partial charge in [0.1, 0.15) is 12.2 Å². The van der Waals surface area contributed by atoms with E-state index in [1.165, 1.54) is 22.6 Å². The van der Waals surface area contributed by atoms with E-state index in [2.05, 4.69) is 47.2 Å². The van der Waals surface area contributed by atoms with Crippen LogP contribution in [0.2, 0.25) is 0 Å². The molecule has 3 fully saturated rings. The number of aryl methyl sites for hydroxylation is 1. The molecule has 0 saturated carbocycles. The van der Waals surface area contributed by atoms with E-state index in [4.69, 9.17) is 0 Å². The van der Waals surface area contributed by atoms with E-state index in [1.807, 2.05) is 24.1 Å². The van der Waals surface area contributed by atoms with Crippen molar-refractivity contribution in [3.8, 4) is 5.69 Å². The summed E-state index contributed by atoms with van der Waals surface area (Å²) in [5.41, 5.74) is 3.09. The molecule has 9 rings (SSSR count). The maximum atomic E-state index is 14.5. The molecule has 1 N–H and O–H groups in total. The van der Waals surface area contributed by atoms with Crippen LogP contribution in [0.15, 0.2) is 72.0 Å². The predicted molar refractivity (Wildman–Crippen MR) is 219 cm³/mol.